The molecule has 0 heterocycles. The van der Waals surface area contributed by atoms with E-state index in [-0.39, 0.29) is 0 Å². The highest BCUT2D eigenvalue weighted by Gasteiger charge is 2.02. The predicted octanol–water partition coefficient (Wildman–Crippen LogP) is 4.20. The van der Waals surface area contributed by atoms with E-state index in [9.17, 15) is 0 Å². The Kier molecular flexibility index (Phi) is 4.34. The maximum Gasteiger partial charge on any atom is 0.137 e. The third-order valence-corrected chi connectivity index (χ3v) is 3.05. The number of ether oxygens (including phenoxy) is 1. The van der Waals surface area contributed by atoms with Gasteiger partial charge in [-0.3, -0.25) is 0 Å². The summed E-state index contributed by atoms with van der Waals surface area (Å²) in [6.07, 6.45) is 0.805. The van der Waals surface area contributed by atoms with Crippen LogP contribution in [0.25, 0.3) is 0 Å². The number of nitrogen functional groups attached to an aromatic ring is 1. The molecule has 4 heteroatoms. The van der Waals surface area contributed by atoms with Crippen LogP contribution in [0.5, 0.6) is 5.75 Å². The molecule has 0 aliphatic heterocycles. The number of hydrogen-bond acceptors (Lipinski definition) is 2. The van der Waals surface area contributed by atoms with Gasteiger partial charge in [0.15, 0.2) is 0 Å². The molecular formula is C14H13Cl2NO. The molecule has 0 radical (unpaired) electrons. The molecule has 2 nitrogen and oxygen atoms in total. The van der Waals surface area contributed by atoms with Crippen molar-refractivity contribution in [3.63, 3.8) is 0 Å². The van der Waals surface area contributed by atoms with Gasteiger partial charge in [0, 0.05) is 17.1 Å². The number of nitrogens with two attached hydrogens (primary N) is 1. The largest absolute Gasteiger partial charge is 0.492 e. The lowest BCUT2D eigenvalue weighted by Crippen LogP contribution is -2.01. The lowest BCUT2D eigenvalue weighted by atomic mass is 10.1. The Morgan fingerprint density at radius 3 is 2.39 bits per heavy atom. The summed E-state index contributed by atoms with van der Waals surface area (Å²) in [6, 6.07) is 12.9. The van der Waals surface area contributed by atoms with Gasteiger partial charge in [-0.2, -0.15) is 0 Å². The molecule has 2 aromatic rings. The first-order valence-corrected chi connectivity index (χ1v) is 6.33. The predicted molar refractivity (Wildman–Crippen MR) is 76.5 cm³/mol. The molecular weight excluding hydrogens is 269 g/mol. The van der Waals surface area contributed by atoms with Crippen LogP contribution in [0.15, 0.2) is 42.5 Å². The number of halogens is 2. The summed E-state index contributed by atoms with van der Waals surface area (Å²) in [5.41, 5.74) is 7.56. The smallest absolute Gasteiger partial charge is 0.137 e. The highest BCUT2D eigenvalue weighted by atomic mass is 35.5. The van der Waals surface area contributed by atoms with Crippen LogP contribution in [0.4, 0.5) is 5.69 Å². The monoisotopic (exact) mass is 281 g/mol. The van der Waals surface area contributed by atoms with E-state index < -0.39 is 0 Å². The summed E-state index contributed by atoms with van der Waals surface area (Å²) >= 11 is 11.8. The van der Waals surface area contributed by atoms with Crippen LogP contribution >= 0.6 is 23.2 Å². The molecule has 0 fully saturated rings. The first kappa shape index (κ1) is 13.1. The van der Waals surface area contributed by atoms with Crippen molar-refractivity contribution in [2.75, 3.05) is 12.3 Å². The van der Waals surface area contributed by atoms with Gasteiger partial charge >= 0.3 is 0 Å². The van der Waals surface area contributed by atoms with Crippen molar-refractivity contribution in [1.29, 1.82) is 0 Å². The molecule has 0 atom stereocenters. The Hall–Kier alpha value is -1.38. The first-order valence-electron chi connectivity index (χ1n) is 5.57. The van der Waals surface area contributed by atoms with Gasteiger partial charge in [-0.25, -0.2) is 0 Å². The van der Waals surface area contributed by atoms with Crippen LogP contribution in [0.3, 0.4) is 0 Å². The van der Waals surface area contributed by atoms with Gasteiger partial charge in [0.05, 0.1) is 11.6 Å². The normalized spacial score (nSPS) is 10.3. The van der Waals surface area contributed by atoms with Gasteiger partial charge in [0.1, 0.15) is 5.75 Å². The van der Waals surface area contributed by atoms with Crippen molar-refractivity contribution in [3.05, 3.63) is 58.1 Å². The van der Waals surface area contributed by atoms with E-state index in [2.05, 4.69) is 0 Å². The van der Waals surface area contributed by atoms with E-state index in [1.54, 1.807) is 18.2 Å². The first-order chi connectivity index (χ1) is 8.65. The minimum absolute atomic E-state index is 0.528. The maximum absolute atomic E-state index is 6.01. The van der Waals surface area contributed by atoms with Crippen molar-refractivity contribution in [3.8, 4) is 5.75 Å². The van der Waals surface area contributed by atoms with Crippen LogP contribution in [-0.4, -0.2) is 6.61 Å². The molecule has 0 aliphatic rings. The summed E-state index contributed by atoms with van der Waals surface area (Å²) in [7, 11) is 0. The van der Waals surface area contributed by atoms with Gasteiger partial charge in [0.25, 0.3) is 0 Å². The zero-order valence-electron chi connectivity index (χ0n) is 9.70. The van der Waals surface area contributed by atoms with Crippen LogP contribution < -0.4 is 10.5 Å². The number of benzene rings is 2. The zero-order chi connectivity index (χ0) is 13.0. The fourth-order valence-corrected chi connectivity index (χ4v) is 2.02. The maximum atomic E-state index is 6.01. The molecule has 0 saturated carbocycles. The number of hydrogen-bond donors (Lipinski definition) is 1. The fraction of sp³-hybridized carbons (Fsp3) is 0.143. The Balaban J connectivity index is 1.90. The van der Waals surface area contributed by atoms with Crippen molar-refractivity contribution in [1.82, 2.24) is 0 Å². The number of rotatable bonds is 4. The molecule has 94 valence electrons. The second-order valence-corrected chi connectivity index (χ2v) is 4.76. The van der Waals surface area contributed by atoms with E-state index in [0.717, 1.165) is 12.1 Å². The third-order valence-electron chi connectivity index (χ3n) is 2.52. The van der Waals surface area contributed by atoms with E-state index in [4.69, 9.17) is 33.7 Å². The topological polar surface area (TPSA) is 35.2 Å². The second-order valence-electron chi connectivity index (χ2n) is 3.91. The summed E-state index contributed by atoms with van der Waals surface area (Å²) < 4.78 is 5.60. The molecule has 0 unspecified atom stereocenters. The van der Waals surface area contributed by atoms with Gasteiger partial charge in [-0.05, 0) is 35.9 Å². The highest BCUT2D eigenvalue weighted by Crippen LogP contribution is 2.27. The average molecular weight is 282 g/mol. The molecule has 0 aromatic heterocycles. The van der Waals surface area contributed by atoms with Gasteiger partial charge in [0.2, 0.25) is 0 Å². The van der Waals surface area contributed by atoms with Crippen molar-refractivity contribution < 1.29 is 4.74 Å². The quantitative estimate of drug-likeness (QED) is 0.853. The molecule has 0 amide bonds. The van der Waals surface area contributed by atoms with E-state index >= 15 is 0 Å². The Labute approximate surface area is 116 Å². The van der Waals surface area contributed by atoms with Gasteiger partial charge in [-0.15, -0.1) is 0 Å². The fourth-order valence-electron chi connectivity index (χ4n) is 1.56. The van der Waals surface area contributed by atoms with Crippen molar-refractivity contribution in [2.24, 2.45) is 0 Å². The standard InChI is InChI=1S/C14H13Cl2NO/c15-11-3-6-14(13(16)9-11)18-8-7-10-1-4-12(17)5-2-10/h1-6,9H,7-8,17H2. The SMILES string of the molecule is Nc1ccc(CCOc2ccc(Cl)cc2Cl)cc1. The third kappa shape index (κ3) is 3.56. The molecule has 2 aromatic carbocycles. The van der Waals surface area contributed by atoms with Crippen molar-refractivity contribution in [2.45, 2.75) is 6.42 Å². The molecule has 0 saturated heterocycles. The summed E-state index contributed by atoms with van der Waals surface area (Å²) in [5, 5.41) is 1.13. The lowest BCUT2D eigenvalue weighted by Gasteiger charge is -2.08. The average Bonchev–Trinajstić information content (AvgIpc) is 2.34. The molecule has 0 spiro atoms. The Morgan fingerprint density at radius 1 is 1.00 bits per heavy atom. The summed E-state index contributed by atoms with van der Waals surface area (Å²) in [5.74, 6) is 0.650. The Bertz CT molecular complexity index is 526. The summed E-state index contributed by atoms with van der Waals surface area (Å²) in [6.45, 7) is 0.561. The number of anilines is 1. The summed E-state index contributed by atoms with van der Waals surface area (Å²) in [4.78, 5) is 0. The zero-order valence-corrected chi connectivity index (χ0v) is 11.2. The Morgan fingerprint density at radius 2 is 1.72 bits per heavy atom. The molecule has 18 heavy (non-hydrogen) atoms. The van der Waals surface area contributed by atoms with Crippen LogP contribution in [0, 0.1) is 0 Å². The van der Waals surface area contributed by atoms with Crippen LogP contribution in [-0.2, 0) is 6.42 Å². The second kappa shape index (κ2) is 5.98. The molecule has 0 bridgehead atoms. The van der Waals surface area contributed by atoms with Crippen molar-refractivity contribution >= 4 is 28.9 Å². The highest BCUT2D eigenvalue weighted by molar-refractivity contribution is 6.35. The minimum atomic E-state index is 0.528. The molecule has 0 aliphatic carbocycles. The van der Waals surface area contributed by atoms with Gasteiger partial charge < -0.3 is 10.5 Å². The van der Waals surface area contributed by atoms with E-state index in [1.165, 1.54) is 5.56 Å². The van der Waals surface area contributed by atoms with E-state index in [0.29, 0.717) is 22.4 Å². The van der Waals surface area contributed by atoms with E-state index in [1.807, 2.05) is 24.3 Å². The van der Waals surface area contributed by atoms with Crippen LogP contribution in [0.2, 0.25) is 10.0 Å². The van der Waals surface area contributed by atoms with Gasteiger partial charge in [-0.1, -0.05) is 35.3 Å². The molecule has 2 N–H and O–H groups in total. The lowest BCUT2D eigenvalue weighted by molar-refractivity contribution is 0.322. The minimum Gasteiger partial charge on any atom is -0.492 e. The van der Waals surface area contributed by atoms with Crippen LogP contribution in [0.1, 0.15) is 5.56 Å². The molecule has 2 rings (SSSR count).